The van der Waals surface area contributed by atoms with Gasteiger partial charge in [-0.05, 0) is 28.5 Å². The molecule has 1 heterocycles. The zero-order valence-corrected chi connectivity index (χ0v) is 9.43. The predicted molar refractivity (Wildman–Crippen MR) is 65.2 cm³/mol. The van der Waals surface area contributed by atoms with Crippen LogP contribution in [0.2, 0.25) is 0 Å². The van der Waals surface area contributed by atoms with Crippen LogP contribution in [0, 0.1) is 0 Å². The van der Waals surface area contributed by atoms with E-state index in [2.05, 4.69) is 10.3 Å². The first-order valence-corrected chi connectivity index (χ1v) is 5.53. The van der Waals surface area contributed by atoms with E-state index in [4.69, 9.17) is 0 Å². The first-order chi connectivity index (χ1) is 8.75. The minimum Gasteiger partial charge on any atom is -0.410 e. The van der Waals surface area contributed by atoms with E-state index in [0.29, 0.717) is 21.4 Å². The summed E-state index contributed by atoms with van der Waals surface area (Å²) >= 11 is 0. The average molecular weight is 241 g/mol. The van der Waals surface area contributed by atoms with Crippen LogP contribution in [0.15, 0.2) is 48.5 Å². The van der Waals surface area contributed by atoms with Gasteiger partial charge >= 0.3 is 0 Å². The number of aromatic nitrogens is 3. The van der Waals surface area contributed by atoms with Crippen molar-refractivity contribution in [2.75, 3.05) is 0 Å². The van der Waals surface area contributed by atoms with E-state index in [-0.39, 0.29) is 0 Å². The molecule has 18 heavy (non-hydrogen) atoms. The molecule has 1 atom stereocenters. The normalized spacial score (nSPS) is 12.7. The molecular formula is C13H11N3O2. The second-order valence-corrected chi connectivity index (χ2v) is 4.04. The molecule has 0 saturated carbocycles. The van der Waals surface area contributed by atoms with E-state index in [1.54, 1.807) is 18.2 Å². The molecule has 90 valence electrons. The number of aliphatic hydroxyl groups is 1. The van der Waals surface area contributed by atoms with Crippen molar-refractivity contribution >= 4 is 11.0 Å². The minimum absolute atomic E-state index is 0.475. The lowest BCUT2D eigenvalue weighted by molar-refractivity contribution is 0.154. The lowest BCUT2D eigenvalue weighted by Crippen LogP contribution is -2.00. The lowest BCUT2D eigenvalue weighted by atomic mass is 10.0. The molecule has 0 spiro atoms. The molecule has 1 aromatic heterocycles. The molecule has 0 aliphatic rings. The average Bonchev–Trinajstić information content (AvgIpc) is 2.80. The molecule has 0 saturated heterocycles. The maximum atomic E-state index is 10.2. The number of hydrogen-bond acceptors (Lipinski definition) is 4. The Bertz CT molecular complexity index is 679. The topological polar surface area (TPSA) is 71.2 Å². The number of aliphatic hydroxyl groups excluding tert-OH is 1. The van der Waals surface area contributed by atoms with Crippen LogP contribution >= 0.6 is 0 Å². The molecule has 2 aromatic carbocycles. The molecule has 5 nitrogen and oxygen atoms in total. The largest absolute Gasteiger partial charge is 0.410 e. The fraction of sp³-hybridized carbons (Fsp3) is 0.0769. The van der Waals surface area contributed by atoms with Gasteiger partial charge in [0, 0.05) is 0 Å². The highest BCUT2D eigenvalue weighted by atomic mass is 16.5. The van der Waals surface area contributed by atoms with E-state index < -0.39 is 6.10 Å². The second kappa shape index (κ2) is 4.12. The third kappa shape index (κ3) is 1.70. The van der Waals surface area contributed by atoms with Gasteiger partial charge in [-0.1, -0.05) is 41.2 Å². The molecule has 2 N–H and O–H groups in total. The molecule has 0 aliphatic carbocycles. The van der Waals surface area contributed by atoms with Crippen LogP contribution in [-0.2, 0) is 0 Å². The summed E-state index contributed by atoms with van der Waals surface area (Å²) in [5.41, 5.74) is 2.55. The van der Waals surface area contributed by atoms with Crippen LogP contribution in [0.1, 0.15) is 17.2 Å². The maximum Gasteiger partial charge on any atom is 0.131 e. The van der Waals surface area contributed by atoms with Gasteiger partial charge in [0.05, 0.1) is 0 Å². The first kappa shape index (κ1) is 10.7. The highest BCUT2D eigenvalue weighted by Gasteiger charge is 2.12. The summed E-state index contributed by atoms with van der Waals surface area (Å²) in [6.07, 6.45) is -0.731. The van der Waals surface area contributed by atoms with E-state index in [0.717, 1.165) is 5.56 Å². The molecular weight excluding hydrogens is 230 g/mol. The third-order valence-corrected chi connectivity index (χ3v) is 2.88. The summed E-state index contributed by atoms with van der Waals surface area (Å²) in [7, 11) is 0. The number of benzene rings is 2. The monoisotopic (exact) mass is 241 g/mol. The van der Waals surface area contributed by atoms with Gasteiger partial charge < -0.3 is 10.3 Å². The SMILES string of the molecule is OC(c1ccccc1)c1ccc2nnn(O)c2c1. The van der Waals surface area contributed by atoms with Crippen LogP contribution < -0.4 is 0 Å². The Morgan fingerprint density at radius 3 is 2.56 bits per heavy atom. The minimum atomic E-state index is -0.731. The van der Waals surface area contributed by atoms with Gasteiger partial charge in [0.1, 0.15) is 17.1 Å². The van der Waals surface area contributed by atoms with E-state index >= 15 is 0 Å². The third-order valence-electron chi connectivity index (χ3n) is 2.88. The molecule has 0 fully saturated rings. The number of nitrogens with zero attached hydrogens (tertiary/aromatic N) is 3. The number of rotatable bonds is 2. The van der Waals surface area contributed by atoms with Crippen molar-refractivity contribution in [3.8, 4) is 0 Å². The standard InChI is InChI=1S/C13H11N3O2/c17-13(9-4-2-1-3-5-9)10-6-7-11-12(8-10)16(18)15-14-11/h1-8,13,17-18H. The summed E-state index contributed by atoms with van der Waals surface area (Å²) in [6.45, 7) is 0. The number of fused-ring (bicyclic) bond motifs is 1. The Hall–Kier alpha value is -2.40. The molecule has 0 bridgehead atoms. The van der Waals surface area contributed by atoms with Crippen molar-refractivity contribution in [1.82, 2.24) is 15.2 Å². The summed E-state index contributed by atoms with van der Waals surface area (Å²) < 4.78 is 0. The zero-order valence-electron chi connectivity index (χ0n) is 9.43. The van der Waals surface area contributed by atoms with Crippen LogP contribution in [0.25, 0.3) is 11.0 Å². The summed E-state index contributed by atoms with van der Waals surface area (Å²) in [5, 5.41) is 27.0. The Morgan fingerprint density at radius 1 is 1.00 bits per heavy atom. The smallest absolute Gasteiger partial charge is 0.131 e. The Balaban J connectivity index is 2.06. The van der Waals surface area contributed by atoms with E-state index in [1.165, 1.54) is 0 Å². The van der Waals surface area contributed by atoms with Gasteiger partial charge in [-0.2, -0.15) is 0 Å². The van der Waals surface area contributed by atoms with Crippen molar-refractivity contribution in [2.24, 2.45) is 0 Å². The zero-order chi connectivity index (χ0) is 12.5. The van der Waals surface area contributed by atoms with Crippen LogP contribution in [-0.4, -0.2) is 25.5 Å². The Labute approximate surface area is 103 Å². The van der Waals surface area contributed by atoms with E-state index in [1.807, 2.05) is 30.3 Å². The molecule has 3 aromatic rings. The van der Waals surface area contributed by atoms with Gasteiger partial charge in [-0.25, -0.2) is 0 Å². The van der Waals surface area contributed by atoms with Crippen LogP contribution in [0.4, 0.5) is 0 Å². The van der Waals surface area contributed by atoms with Gasteiger partial charge in [-0.15, -0.1) is 5.10 Å². The number of hydrogen-bond donors (Lipinski definition) is 2. The first-order valence-electron chi connectivity index (χ1n) is 5.53. The van der Waals surface area contributed by atoms with Gasteiger partial charge in [0.15, 0.2) is 0 Å². The van der Waals surface area contributed by atoms with Crippen molar-refractivity contribution < 1.29 is 10.3 Å². The molecule has 0 radical (unpaired) electrons. The van der Waals surface area contributed by atoms with Crippen molar-refractivity contribution in [3.05, 3.63) is 59.7 Å². The highest BCUT2D eigenvalue weighted by Crippen LogP contribution is 2.24. The van der Waals surface area contributed by atoms with Crippen molar-refractivity contribution in [2.45, 2.75) is 6.10 Å². The van der Waals surface area contributed by atoms with Gasteiger partial charge in [0.25, 0.3) is 0 Å². The fourth-order valence-corrected chi connectivity index (χ4v) is 1.92. The summed E-state index contributed by atoms with van der Waals surface area (Å²) in [5.74, 6) is 0. The van der Waals surface area contributed by atoms with Crippen LogP contribution in [0.3, 0.4) is 0 Å². The molecule has 3 rings (SSSR count). The molecule has 0 amide bonds. The maximum absolute atomic E-state index is 10.2. The fourth-order valence-electron chi connectivity index (χ4n) is 1.92. The predicted octanol–water partition coefficient (Wildman–Crippen LogP) is 1.75. The van der Waals surface area contributed by atoms with Crippen molar-refractivity contribution in [3.63, 3.8) is 0 Å². The quantitative estimate of drug-likeness (QED) is 0.670. The van der Waals surface area contributed by atoms with Crippen molar-refractivity contribution in [1.29, 1.82) is 0 Å². The molecule has 0 aliphatic heterocycles. The Kier molecular flexibility index (Phi) is 2.46. The van der Waals surface area contributed by atoms with Gasteiger partial charge in [-0.3, -0.25) is 0 Å². The summed E-state index contributed by atoms with van der Waals surface area (Å²) in [6, 6.07) is 14.5. The van der Waals surface area contributed by atoms with E-state index in [9.17, 15) is 10.3 Å². The molecule has 1 unspecified atom stereocenters. The summed E-state index contributed by atoms with van der Waals surface area (Å²) in [4.78, 5) is 0.705. The lowest BCUT2D eigenvalue weighted by Gasteiger charge is -2.11. The van der Waals surface area contributed by atoms with Gasteiger partial charge in [0.2, 0.25) is 0 Å². The highest BCUT2D eigenvalue weighted by molar-refractivity contribution is 5.74. The second-order valence-electron chi connectivity index (χ2n) is 4.04. The van der Waals surface area contributed by atoms with Crippen LogP contribution in [0.5, 0.6) is 0 Å². The molecule has 5 heteroatoms. The Morgan fingerprint density at radius 2 is 1.78 bits per heavy atom.